The molecule has 0 aliphatic carbocycles. The second-order valence-corrected chi connectivity index (χ2v) is 4.90. The van der Waals surface area contributed by atoms with Crippen molar-refractivity contribution in [3.63, 3.8) is 0 Å². The highest BCUT2D eigenvalue weighted by molar-refractivity contribution is 6.30. The number of pyridine rings is 2. The van der Waals surface area contributed by atoms with Crippen LogP contribution in [0.25, 0.3) is 0 Å². The van der Waals surface area contributed by atoms with Crippen LogP contribution in [0.2, 0.25) is 5.02 Å². The van der Waals surface area contributed by atoms with Gasteiger partial charge in [-0.2, -0.15) is 0 Å². The van der Waals surface area contributed by atoms with E-state index in [2.05, 4.69) is 10.3 Å². The van der Waals surface area contributed by atoms with Crippen LogP contribution >= 0.6 is 11.6 Å². The zero-order valence-corrected chi connectivity index (χ0v) is 11.9. The van der Waals surface area contributed by atoms with Gasteiger partial charge in [0.2, 0.25) is 5.91 Å². The van der Waals surface area contributed by atoms with Gasteiger partial charge in [0.15, 0.2) is 5.43 Å². The fourth-order valence-corrected chi connectivity index (χ4v) is 2.10. The number of carbonyl (C=O) groups excluding carboxylic acids is 1. The highest BCUT2D eigenvalue weighted by atomic mass is 35.5. The van der Waals surface area contributed by atoms with E-state index in [9.17, 15) is 9.59 Å². The van der Waals surface area contributed by atoms with E-state index >= 15 is 0 Å². The first kappa shape index (κ1) is 14.3. The summed E-state index contributed by atoms with van der Waals surface area (Å²) in [7, 11) is 0. The summed E-state index contributed by atoms with van der Waals surface area (Å²) in [6.07, 6.45) is 1.52. The number of carbonyl (C=O) groups is 1. The Bertz CT molecular complexity index is 684. The second kappa shape index (κ2) is 5.88. The van der Waals surface area contributed by atoms with E-state index in [1.165, 1.54) is 18.3 Å². The topological polar surface area (TPSA) is 64.0 Å². The van der Waals surface area contributed by atoms with Crippen LogP contribution in [0.15, 0.2) is 35.3 Å². The fourth-order valence-electron chi connectivity index (χ4n) is 1.94. The van der Waals surface area contributed by atoms with E-state index in [1.54, 1.807) is 30.5 Å². The minimum Gasteiger partial charge on any atom is -0.340 e. The van der Waals surface area contributed by atoms with Crippen LogP contribution in [-0.4, -0.2) is 15.5 Å². The van der Waals surface area contributed by atoms with E-state index in [1.807, 2.05) is 0 Å². The molecule has 0 fully saturated rings. The van der Waals surface area contributed by atoms with Crippen molar-refractivity contribution in [1.82, 2.24) is 9.55 Å². The van der Waals surface area contributed by atoms with Gasteiger partial charge in [-0.3, -0.25) is 9.59 Å². The Balaban J connectivity index is 2.15. The van der Waals surface area contributed by atoms with Crippen LogP contribution in [0.4, 0.5) is 5.82 Å². The van der Waals surface area contributed by atoms with Crippen molar-refractivity contribution in [2.45, 2.75) is 20.4 Å². The molecule has 0 aliphatic heterocycles. The summed E-state index contributed by atoms with van der Waals surface area (Å²) in [6.45, 7) is 3.70. The molecular formula is C14H14ClN3O2. The van der Waals surface area contributed by atoms with E-state index in [0.717, 1.165) is 11.4 Å². The Labute approximate surface area is 121 Å². The second-order valence-electron chi connectivity index (χ2n) is 4.47. The van der Waals surface area contributed by atoms with Crippen molar-refractivity contribution in [1.29, 1.82) is 0 Å². The number of nitrogens with one attached hydrogen (secondary N) is 1. The Morgan fingerprint density at radius 3 is 2.55 bits per heavy atom. The third-order valence-corrected chi connectivity index (χ3v) is 3.08. The number of aryl methyl sites for hydroxylation is 2. The summed E-state index contributed by atoms with van der Waals surface area (Å²) in [5, 5.41) is 3.17. The van der Waals surface area contributed by atoms with Gasteiger partial charge in [-0.1, -0.05) is 11.6 Å². The van der Waals surface area contributed by atoms with Crippen molar-refractivity contribution in [2.24, 2.45) is 0 Å². The molecule has 0 aliphatic rings. The molecule has 0 aromatic carbocycles. The van der Waals surface area contributed by atoms with Gasteiger partial charge in [0.05, 0.1) is 0 Å². The predicted octanol–water partition coefficient (Wildman–Crippen LogP) is 2.15. The largest absolute Gasteiger partial charge is 0.340 e. The average molecular weight is 292 g/mol. The van der Waals surface area contributed by atoms with E-state index in [0.29, 0.717) is 10.8 Å². The van der Waals surface area contributed by atoms with Crippen LogP contribution in [-0.2, 0) is 11.3 Å². The van der Waals surface area contributed by atoms with Gasteiger partial charge in [0, 0.05) is 34.7 Å². The van der Waals surface area contributed by atoms with Gasteiger partial charge < -0.3 is 9.88 Å². The van der Waals surface area contributed by atoms with Gasteiger partial charge in [0.1, 0.15) is 12.4 Å². The van der Waals surface area contributed by atoms with Crippen LogP contribution in [0.1, 0.15) is 11.4 Å². The third kappa shape index (κ3) is 3.45. The molecule has 2 aromatic rings. The maximum atomic E-state index is 12.0. The molecule has 0 spiro atoms. The molecule has 0 unspecified atom stereocenters. The van der Waals surface area contributed by atoms with Gasteiger partial charge in [-0.05, 0) is 26.0 Å². The molecule has 2 heterocycles. The molecule has 5 nitrogen and oxygen atoms in total. The maximum Gasteiger partial charge on any atom is 0.245 e. The van der Waals surface area contributed by atoms with Crippen LogP contribution in [0.5, 0.6) is 0 Å². The number of halogens is 1. The van der Waals surface area contributed by atoms with Crippen molar-refractivity contribution in [3.8, 4) is 0 Å². The standard InChI is InChI=1S/C14H14ClN3O2/c1-9-5-12(19)6-10(2)18(9)8-14(20)17-13-7-11(15)3-4-16-13/h3-7H,8H2,1-2H3,(H,16,17,20). The Kier molecular flexibility index (Phi) is 4.20. The summed E-state index contributed by atoms with van der Waals surface area (Å²) in [5.74, 6) is 0.175. The van der Waals surface area contributed by atoms with E-state index < -0.39 is 0 Å². The van der Waals surface area contributed by atoms with Crippen molar-refractivity contribution in [3.05, 3.63) is 57.1 Å². The number of anilines is 1. The minimum atomic E-state index is -0.227. The number of amides is 1. The maximum absolute atomic E-state index is 12.0. The molecule has 0 atom stereocenters. The first-order valence-corrected chi connectivity index (χ1v) is 6.43. The lowest BCUT2D eigenvalue weighted by atomic mass is 10.3. The van der Waals surface area contributed by atoms with Crippen LogP contribution < -0.4 is 10.7 Å². The molecule has 6 heteroatoms. The van der Waals surface area contributed by atoms with Crippen molar-refractivity contribution in [2.75, 3.05) is 5.32 Å². The lowest BCUT2D eigenvalue weighted by Crippen LogP contribution is -2.23. The lowest BCUT2D eigenvalue weighted by molar-refractivity contribution is -0.116. The number of hydrogen-bond donors (Lipinski definition) is 1. The predicted molar refractivity (Wildman–Crippen MR) is 78.1 cm³/mol. The van der Waals surface area contributed by atoms with E-state index in [-0.39, 0.29) is 17.9 Å². The minimum absolute atomic E-state index is 0.0619. The smallest absolute Gasteiger partial charge is 0.245 e. The fraction of sp³-hybridized carbons (Fsp3) is 0.214. The molecule has 104 valence electrons. The lowest BCUT2D eigenvalue weighted by Gasteiger charge is -2.13. The average Bonchev–Trinajstić information content (AvgIpc) is 2.33. The van der Waals surface area contributed by atoms with Crippen LogP contribution in [0.3, 0.4) is 0 Å². The highest BCUT2D eigenvalue weighted by Crippen LogP contribution is 2.12. The summed E-state index contributed by atoms with van der Waals surface area (Å²) >= 11 is 5.83. The Hall–Kier alpha value is -2.14. The summed E-state index contributed by atoms with van der Waals surface area (Å²) in [4.78, 5) is 27.3. The molecule has 1 amide bonds. The zero-order chi connectivity index (χ0) is 14.7. The monoisotopic (exact) mass is 291 g/mol. The summed E-state index contributed by atoms with van der Waals surface area (Å²) in [5.41, 5.74) is 1.42. The first-order valence-electron chi connectivity index (χ1n) is 6.05. The third-order valence-electron chi connectivity index (χ3n) is 2.84. The highest BCUT2D eigenvalue weighted by Gasteiger charge is 2.08. The van der Waals surface area contributed by atoms with Gasteiger partial charge in [0.25, 0.3) is 0 Å². The molecular weight excluding hydrogens is 278 g/mol. The van der Waals surface area contributed by atoms with E-state index in [4.69, 9.17) is 11.6 Å². The van der Waals surface area contributed by atoms with Crippen LogP contribution in [0, 0.1) is 13.8 Å². The quantitative estimate of drug-likeness (QED) is 0.942. The van der Waals surface area contributed by atoms with Gasteiger partial charge >= 0.3 is 0 Å². The molecule has 2 aromatic heterocycles. The van der Waals surface area contributed by atoms with Gasteiger partial charge in [-0.15, -0.1) is 0 Å². The summed E-state index contributed by atoms with van der Waals surface area (Å²) in [6, 6.07) is 6.20. The summed E-state index contributed by atoms with van der Waals surface area (Å²) < 4.78 is 1.77. The zero-order valence-electron chi connectivity index (χ0n) is 11.2. The molecule has 0 saturated heterocycles. The first-order chi connectivity index (χ1) is 9.45. The van der Waals surface area contributed by atoms with Gasteiger partial charge in [-0.25, -0.2) is 4.98 Å². The molecule has 0 bridgehead atoms. The number of aromatic nitrogens is 2. The molecule has 0 saturated carbocycles. The Morgan fingerprint density at radius 1 is 1.30 bits per heavy atom. The molecule has 1 N–H and O–H groups in total. The van der Waals surface area contributed by atoms with Crippen molar-refractivity contribution < 1.29 is 4.79 Å². The van der Waals surface area contributed by atoms with Crippen molar-refractivity contribution >= 4 is 23.3 Å². The molecule has 0 radical (unpaired) electrons. The number of nitrogens with zero attached hydrogens (tertiary/aromatic N) is 2. The number of rotatable bonds is 3. The Morgan fingerprint density at radius 2 is 1.95 bits per heavy atom. The number of hydrogen-bond acceptors (Lipinski definition) is 3. The molecule has 2 rings (SSSR count). The normalized spacial score (nSPS) is 10.3. The SMILES string of the molecule is Cc1cc(=O)cc(C)n1CC(=O)Nc1cc(Cl)ccn1. The molecule has 20 heavy (non-hydrogen) atoms.